The van der Waals surface area contributed by atoms with Crippen molar-refractivity contribution in [1.82, 2.24) is 0 Å². The van der Waals surface area contributed by atoms with Crippen LogP contribution in [0.25, 0.3) is 0 Å². The van der Waals surface area contributed by atoms with Crippen molar-refractivity contribution in [1.29, 1.82) is 0 Å². The zero-order valence-corrected chi connectivity index (χ0v) is 12.1. The van der Waals surface area contributed by atoms with E-state index in [-0.39, 0.29) is 11.7 Å². The van der Waals surface area contributed by atoms with Gasteiger partial charge in [-0.25, -0.2) is 4.79 Å². The molecule has 0 aliphatic rings. The number of ether oxygens (including phenoxy) is 1. The van der Waals surface area contributed by atoms with Crippen LogP contribution >= 0.6 is 0 Å². The van der Waals surface area contributed by atoms with Crippen LogP contribution in [0, 0.1) is 0 Å². The largest absolute Gasteiger partial charge is 0.464 e. The molecule has 6 heteroatoms. The highest BCUT2D eigenvalue weighted by Crippen LogP contribution is 2.04. The van der Waals surface area contributed by atoms with Gasteiger partial charge in [0.1, 0.15) is 0 Å². The summed E-state index contributed by atoms with van der Waals surface area (Å²) in [5.74, 6) is -0.349. The monoisotopic (exact) mass is 234 g/mol. The van der Waals surface area contributed by atoms with E-state index in [4.69, 9.17) is 13.6 Å². The molecule has 1 unspecified atom stereocenters. The highest BCUT2D eigenvalue weighted by atomic mass is 28.3. The Labute approximate surface area is 89.5 Å². The minimum atomic E-state index is -1.50. The summed E-state index contributed by atoms with van der Waals surface area (Å²) < 4.78 is 15.4. The van der Waals surface area contributed by atoms with E-state index in [9.17, 15) is 4.79 Å². The predicted octanol–water partition coefficient (Wildman–Crippen LogP) is -0.690. The fourth-order valence-corrected chi connectivity index (χ4v) is 3.65. The molecule has 0 saturated carbocycles. The van der Waals surface area contributed by atoms with Crippen molar-refractivity contribution < 1.29 is 18.4 Å². The third-order valence-electron chi connectivity index (χ3n) is 1.82. The molecule has 0 aliphatic carbocycles. The van der Waals surface area contributed by atoms with E-state index >= 15 is 0 Å². The molecular weight excluding hydrogens is 216 g/mol. The molecule has 0 aromatic heterocycles. The average Bonchev–Trinajstić information content (AvgIpc) is 2.19. The van der Waals surface area contributed by atoms with Crippen LogP contribution < -0.4 is 0 Å². The maximum Gasteiger partial charge on any atom is 0.330 e. The highest BCUT2D eigenvalue weighted by molar-refractivity contribution is 6.44. The fraction of sp³-hybridized carbons (Fsp3) is 0.625. The van der Waals surface area contributed by atoms with E-state index in [1.807, 2.05) is 0 Å². The Morgan fingerprint density at radius 3 is 2.57 bits per heavy atom. The minimum absolute atomic E-state index is 0.0285. The molecule has 0 N–H and O–H groups in total. The summed E-state index contributed by atoms with van der Waals surface area (Å²) >= 11 is 0. The number of hydrogen-bond acceptors (Lipinski definition) is 4. The lowest BCUT2D eigenvalue weighted by atomic mass is 10.5. The van der Waals surface area contributed by atoms with Crippen molar-refractivity contribution in [2.45, 2.75) is 18.2 Å². The van der Waals surface area contributed by atoms with E-state index in [1.165, 1.54) is 6.08 Å². The standard InChI is InChI=1S/C8H18O4Si2/c1-4-7(9)12-8(13)5-6-14(10-2)11-3/h4,8,14H,1,5-6H2,2-3,13H3. The first-order valence-electron chi connectivity index (χ1n) is 4.52. The van der Waals surface area contributed by atoms with Gasteiger partial charge in [-0.3, -0.25) is 0 Å². The van der Waals surface area contributed by atoms with E-state index in [0.29, 0.717) is 0 Å². The smallest absolute Gasteiger partial charge is 0.330 e. The topological polar surface area (TPSA) is 44.8 Å². The molecule has 0 aromatic carbocycles. The van der Waals surface area contributed by atoms with Gasteiger partial charge in [-0.15, -0.1) is 0 Å². The molecule has 0 heterocycles. The molecular formula is C8H18O4Si2. The van der Waals surface area contributed by atoms with Crippen LogP contribution in [0.5, 0.6) is 0 Å². The normalized spacial score (nSPS) is 12.8. The molecule has 82 valence electrons. The van der Waals surface area contributed by atoms with Gasteiger partial charge in [0.2, 0.25) is 0 Å². The Hall–Kier alpha value is -0.436. The molecule has 4 nitrogen and oxygen atoms in total. The van der Waals surface area contributed by atoms with Gasteiger partial charge in [0.15, 0.2) is 0 Å². The van der Waals surface area contributed by atoms with Crippen LogP contribution in [-0.4, -0.2) is 45.4 Å². The van der Waals surface area contributed by atoms with Gasteiger partial charge in [-0.2, -0.15) is 0 Å². The van der Waals surface area contributed by atoms with E-state index < -0.39 is 9.28 Å². The second-order valence-electron chi connectivity index (χ2n) is 2.93. The molecule has 0 amide bonds. The van der Waals surface area contributed by atoms with Crippen molar-refractivity contribution in [3.05, 3.63) is 12.7 Å². The van der Waals surface area contributed by atoms with Gasteiger partial charge in [0.25, 0.3) is 0 Å². The second-order valence-corrected chi connectivity index (χ2v) is 6.60. The number of esters is 1. The van der Waals surface area contributed by atoms with Crippen molar-refractivity contribution in [2.75, 3.05) is 14.2 Å². The Kier molecular flexibility index (Phi) is 7.67. The van der Waals surface area contributed by atoms with E-state index in [2.05, 4.69) is 6.58 Å². The second kappa shape index (κ2) is 7.92. The van der Waals surface area contributed by atoms with Gasteiger partial charge in [-0.05, 0) is 12.5 Å². The molecule has 0 radical (unpaired) electrons. The lowest BCUT2D eigenvalue weighted by Gasteiger charge is -2.15. The van der Waals surface area contributed by atoms with Crippen LogP contribution in [0.1, 0.15) is 6.42 Å². The summed E-state index contributed by atoms with van der Waals surface area (Å²) in [5.41, 5.74) is 0.0285. The Morgan fingerprint density at radius 1 is 1.57 bits per heavy atom. The third kappa shape index (κ3) is 6.08. The Bertz CT molecular complexity index is 182. The summed E-state index contributed by atoms with van der Waals surface area (Å²) in [6.45, 7) is 3.34. The summed E-state index contributed by atoms with van der Waals surface area (Å²) in [6, 6.07) is 0.867. The Balaban J connectivity index is 3.66. The van der Waals surface area contributed by atoms with Crippen LogP contribution in [0.15, 0.2) is 12.7 Å². The number of rotatable bonds is 7. The molecule has 1 atom stereocenters. The molecule has 0 fully saturated rings. The fourth-order valence-electron chi connectivity index (χ4n) is 1.01. The lowest BCUT2D eigenvalue weighted by molar-refractivity contribution is -0.139. The lowest BCUT2D eigenvalue weighted by Crippen LogP contribution is -2.23. The molecule has 0 bridgehead atoms. The summed E-state index contributed by atoms with van der Waals surface area (Å²) in [7, 11) is 2.63. The molecule has 0 aromatic rings. The van der Waals surface area contributed by atoms with E-state index in [1.54, 1.807) is 14.2 Å². The van der Waals surface area contributed by atoms with Crippen LogP contribution in [0.2, 0.25) is 6.04 Å². The third-order valence-corrected chi connectivity index (χ3v) is 4.49. The van der Waals surface area contributed by atoms with Crippen LogP contribution in [-0.2, 0) is 18.4 Å². The number of hydrogen-bond donors (Lipinski definition) is 0. The minimum Gasteiger partial charge on any atom is -0.464 e. The zero-order chi connectivity index (χ0) is 11.0. The molecule has 0 saturated heterocycles. The SMILES string of the molecule is C=CC(=O)OC([SiH3])CC[SiH](OC)OC. The van der Waals surface area contributed by atoms with Crippen molar-refractivity contribution in [3.63, 3.8) is 0 Å². The summed E-state index contributed by atoms with van der Waals surface area (Å²) in [5, 5.41) is 0. The van der Waals surface area contributed by atoms with Gasteiger partial charge in [0, 0.05) is 20.3 Å². The van der Waals surface area contributed by atoms with Crippen molar-refractivity contribution >= 4 is 25.5 Å². The first-order chi connectivity index (χ1) is 6.63. The van der Waals surface area contributed by atoms with Crippen molar-refractivity contribution in [3.8, 4) is 0 Å². The van der Waals surface area contributed by atoms with Crippen LogP contribution in [0.4, 0.5) is 0 Å². The maximum atomic E-state index is 10.8. The van der Waals surface area contributed by atoms with Gasteiger partial charge in [0.05, 0.1) is 16.0 Å². The predicted molar refractivity (Wildman–Crippen MR) is 60.6 cm³/mol. The summed E-state index contributed by atoms with van der Waals surface area (Å²) in [4.78, 5) is 10.8. The zero-order valence-electron chi connectivity index (χ0n) is 8.99. The summed E-state index contributed by atoms with van der Waals surface area (Å²) in [6.07, 6.45) is 2.01. The molecule has 0 spiro atoms. The Morgan fingerprint density at radius 2 is 2.14 bits per heavy atom. The molecule has 14 heavy (non-hydrogen) atoms. The van der Waals surface area contributed by atoms with Crippen molar-refractivity contribution in [2.24, 2.45) is 0 Å². The quantitative estimate of drug-likeness (QED) is 0.332. The van der Waals surface area contributed by atoms with Crippen LogP contribution in [0.3, 0.4) is 0 Å². The van der Waals surface area contributed by atoms with Gasteiger partial charge < -0.3 is 13.6 Å². The van der Waals surface area contributed by atoms with E-state index in [0.717, 1.165) is 22.7 Å². The number of carbonyl (C=O) groups is 1. The maximum absolute atomic E-state index is 10.8. The highest BCUT2D eigenvalue weighted by Gasteiger charge is 2.13. The van der Waals surface area contributed by atoms with Gasteiger partial charge >= 0.3 is 15.3 Å². The first kappa shape index (κ1) is 13.6. The van der Waals surface area contributed by atoms with Gasteiger partial charge in [-0.1, -0.05) is 6.58 Å². The first-order valence-corrected chi connectivity index (χ1v) is 7.44. The molecule has 0 rings (SSSR count). The average molecular weight is 234 g/mol. The molecule has 0 aliphatic heterocycles. The number of carbonyl (C=O) groups excluding carboxylic acids is 1.